The third-order valence-corrected chi connectivity index (χ3v) is 2.18. The van der Waals surface area contributed by atoms with E-state index in [0.29, 0.717) is 0 Å². The van der Waals surface area contributed by atoms with E-state index in [1.165, 1.54) is 0 Å². The Morgan fingerprint density at radius 2 is 1.93 bits per heavy atom. The first-order valence-corrected chi connectivity index (χ1v) is 4.88. The van der Waals surface area contributed by atoms with Crippen molar-refractivity contribution in [1.82, 2.24) is 19.5 Å². The van der Waals surface area contributed by atoms with Gasteiger partial charge in [0.2, 0.25) is 0 Å². The highest BCUT2D eigenvalue weighted by atomic mass is 15.1. The Bertz CT molecular complexity index is 423. The Labute approximate surface area is 89.0 Å². The van der Waals surface area contributed by atoms with Crippen molar-refractivity contribution >= 4 is 0 Å². The Balaban J connectivity index is 2.33. The standard InChI is InChI=1S/C11H14N4/c1-11(2,3)9-6-14-10(7-13-9)15-5-4-12-8-15/h4-8H,1-3H3. The van der Waals surface area contributed by atoms with Gasteiger partial charge in [-0.2, -0.15) is 0 Å². The summed E-state index contributed by atoms with van der Waals surface area (Å²) in [4.78, 5) is 12.7. The summed E-state index contributed by atoms with van der Waals surface area (Å²) in [6.45, 7) is 6.36. The minimum absolute atomic E-state index is 0.0421. The topological polar surface area (TPSA) is 43.6 Å². The molecule has 4 heteroatoms. The first-order valence-electron chi connectivity index (χ1n) is 4.88. The number of hydrogen-bond acceptors (Lipinski definition) is 3. The van der Waals surface area contributed by atoms with Crippen molar-refractivity contribution in [2.75, 3.05) is 0 Å². The first-order chi connectivity index (χ1) is 7.07. The molecule has 0 fully saturated rings. The summed E-state index contributed by atoms with van der Waals surface area (Å²) in [5.41, 5.74) is 1.03. The fraction of sp³-hybridized carbons (Fsp3) is 0.364. The molecule has 0 aliphatic rings. The van der Waals surface area contributed by atoms with E-state index < -0.39 is 0 Å². The average Bonchev–Trinajstić information content (AvgIpc) is 2.69. The second-order valence-electron chi connectivity index (χ2n) is 4.48. The Kier molecular flexibility index (Phi) is 2.26. The summed E-state index contributed by atoms with van der Waals surface area (Å²) in [6, 6.07) is 0. The zero-order chi connectivity index (χ0) is 10.9. The molecule has 0 aromatic carbocycles. The quantitative estimate of drug-likeness (QED) is 0.710. The molecule has 0 saturated carbocycles. The molecule has 0 bridgehead atoms. The van der Waals surface area contributed by atoms with Gasteiger partial charge < -0.3 is 0 Å². The van der Waals surface area contributed by atoms with Gasteiger partial charge >= 0.3 is 0 Å². The van der Waals surface area contributed by atoms with Gasteiger partial charge in [-0.1, -0.05) is 20.8 Å². The van der Waals surface area contributed by atoms with E-state index in [1.54, 1.807) is 18.7 Å². The van der Waals surface area contributed by atoms with E-state index in [9.17, 15) is 0 Å². The Morgan fingerprint density at radius 3 is 2.40 bits per heavy atom. The summed E-state index contributed by atoms with van der Waals surface area (Å²) in [5.74, 6) is 0.792. The number of rotatable bonds is 1. The number of imidazole rings is 1. The Morgan fingerprint density at radius 1 is 1.13 bits per heavy atom. The summed E-state index contributed by atoms with van der Waals surface area (Å²) >= 11 is 0. The fourth-order valence-corrected chi connectivity index (χ4v) is 1.24. The maximum absolute atomic E-state index is 4.39. The van der Waals surface area contributed by atoms with Gasteiger partial charge in [-0.15, -0.1) is 0 Å². The van der Waals surface area contributed by atoms with Crippen molar-refractivity contribution < 1.29 is 0 Å². The van der Waals surface area contributed by atoms with Crippen LogP contribution in [-0.4, -0.2) is 19.5 Å². The summed E-state index contributed by atoms with van der Waals surface area (Å²) in [5, 5.41) is 0. The van der Waals surface area contributed by atoms with Crippen molar-refractivity contribution in [2.24, 2.45) is 0 Å². The highest BCUT2D eigenvalue weighted by Crippen LogP contribution is 2.18. The van der Waals surface area contributed by atoms with E-state index in [0.717, 1.165) is 11.5 Å². The molecular weight excluding hydrogens is 188 g/mol. The van der Waals surface area contributed by atoms with Crippen molar-refractivity contribution in [2.45, 2.75) is 26.2 Å². The van der Waals surface area contributed by atoms with Crippen molar-refractivity contribution in [3.63, 3.8) is 0 Å². The number of hydrogen-bond donors (Lipinski definition) is 0. The second-order valence-corrected chi connectivity index (χ2v) is 4.48. The van der Waals surface area contributed by atoms with E-state index in [2.05, 4.69) is 35.7 Å². The molecule has 0 radical (unpaired) electrons. The maximum atomic E-state index is 4.39. The van der Waals surface area contributed by atoms with Crippen LogP contribution in [0.4, 0.5) is 0 Å². The van der Waals surface area contributed by atoms with E-state index >= 15 is 0 Å². The lowest BCUT2D eigenvalue weighted by atomic mass is 9.93. The molecule has 78 valence electrons. The average molecular weight is 202 g/mol. The molecule has 0 saturated heterocycles. The molecule has 2 rings (SSSR count). The molecule has 0 unspecified atom stereocenters. The van der Waals surface area contributed by atoms with Gasteiger partial charge in [0.05, 0.1) is 18.1 Å². The predicted octanol–water partition coefficient (Wildman–Crippen LogP) is 1.96. The summed E-state index contributed by atoms with van der Waals surface area (Å²) < 4.78 is 1.83. The Hall–Kier alpha value is -1.71. The molecule has 2 aromatic rings. The molecule has 0 N–H and O–H groups in total. The van der Waals surface area contributed by atoms with Crippen LogP contribution in [0.25, 0.3) is 5.82 Å². The van der Waals surface area contributed by atoms with Crippen LogP contribution in [0.15, 0.2) is 31.1 Å². The van der Waals surface area contributed by atoms with Gasteiger partial charge in [-0.05, 0) is 0 Å². The molecule has 0 aliphatic carbocycles. The van der Waals surface area contributed by atoms with Crippen LogP contribution >= 0.6 is 0 Å². The minimum Gasteiger partial charge on any atom is -0.289 e. The van der Waals surface area contributed by atoms with Gasteiger partial charge in [-0.25, -0.2) is 9.97 Å². The summed E-state index contributed by atoms with van der Waals surface area (Å²) in [7, 11) is 0. The molecule has 4 nitrogen and oxygen atoms in total. The molecule has 0 amide bonds. The first kappa shape index (κ1) is 9.83. The zero-order valence-corrected chi connectivity index (χ0v) is 9.18. The minimum atomic E-state index is 0.0421. The number of aromatic nitrogens is 4. The van der Waals surface area contributed by atoms with Crippen LogP contribution in [0.2, 0.25) is 0 Å². The third kappa shape index (κ3) is 2.03. The van der Waals surface area contributed by atoms with E-state index in [4.69, 9.17) is 0 Å². The fourth-order valence-electron chi connectivity index (χ4n) is 1.24. The van der Waals surface area contributed by atoms with Crippen molar-refractivity contribution in [3.8, 4) is 5.82 Å². The van der Waals surface area contributed by atoms with Crippen LogP contribution in [-0.2, 0) is 5.41 Å². The highest BCUT2D eigenvalue weighted by Gasteiger charge is 2.15. The van der Waals surface area contributed by atoms with Gasteiger partial charge in [0.1, 0.15) is 6.33 Å². The molecule has 0 atom stereocenters. The monoisotopic (exact) mass is 202 g/mol. The normalized spacial score (nSPS) is 11.7. The van der Waals surface area contributed by atoms with Gasteiger partial charge in [0.25, 0.3) is 0 Å². The maximum Gasteiger partial charge on any atom is 0.156 e. The zero-order valence-electron chi connectivity index (χ0n) is 9.18. The second kappa shape index (κ2) is 3.46. The van der Waals surface area contributed by atoms with Gasteiger partial charge in [0.15, 0.2) is 5.82 Å². The molecule has 15 heavy (non-hydrogen) atoms. The van der Waals surface area contributed by atoms with E-state index in [-0.39, 0.29) is 5.41 Å². The van der Waals surface area contributed by atoms with Gasteiger partial charge in [-0.3, -0.25) is 9.55 Å². The lowest BCUT2D eigenvalue weighted by molar-refractivity contribution is 0.564. The van der Waals surface area contributed by atoms with Crippen molar-refractivity contribution in [1.29, 1.82) is 0 Å². The van der Waals surface area contributed by atoms with Crippen LogP contribution < -0.4 is 0 Å². The predicted molar refractivity (Wildman–Crippen MR) is 57.9 cm³/mol. The molecule has 2 heterocycles. The lowest BCUT2D eigenvalue weighted by Crippen LogP contribution is -2.14. The molecule has 2 aromatic heterocycles. The van der Waals surface area contributed by atoms with Crippen LogP contribution in [0, 0.1) is 0 Å². The van der Waals surface area contributed by atoms with Crippen LogP contribution in [0.3, 0.4) is 0 Å². The van der Waals surface area contributed by atoms with Crippen LogP contribution in [0.5, 0.6) is 0 Å². The van der Waals surface area contributed by atoms with E-state index in [1.807, 2.05) is 17.0 Å². The lowest BCUT2D eigenvalue weighted by Gasteiger charge is -2.16. The SMILES string of the molecule is CC(C)(C)c1cnc(-n2ccnc2)cn1. The highest BCUT2D eigenvalue weighted by molar-refractivity contribution is 5.20. The third-order valence-electron chi connectivity index (χ3n) is 2.18. The van der Waals surface area contributed by atoms with Gasteiger partial charge in [0, 0.05) is 17.8 Å². The van der Waals surface area contributed by atoms with Crippen molar-refractivity contribution in [3.05, 3.63) is 36.8 Å². The summed E-state index contributed by atoms with van der Waals surface area (Å²) in [6.07, 6.45) is 8.86. The largest absolute Gasteiger partial charge is 0.289 e. The van der Waals surface area contributed by atoms with Crippen LogP contribution in [0.1, 0.15) is 26.5 Å². The molecule has 0 aliphatic heterocycles. The number of nitrogens with zero attached hydrogens (tertiary/aromatic N) is 4. The molecule has 0 spiro atoms. The smallest absolute Gasteiger partial charge is 0.156 e. The molecular formula is C11H14N4.